The summed E-state index contributed by atoms with van der Waals surface area (Å²) in [5.41, 5.74) is 9.41. The van der Waals surface area contributed by atoms with Crippen molar-refractivity contribution in [3.8, 4) is 22.3 Å². The molecule has 1 aromatic heterocycles. The molecule has 0 saturated carbocycles. The minimum Gasteiger partial charge on any atom is -0.456 e. The van der Waals surface area contributed by atoms with Crippen LogP contribution in [-0.4, -0.2) is 0 Å². The molecule has 46 heavy (non-hydrogen) atoms. The second-order valence-corrected chi connectivity index (χ2v) is 12.0. The molecule has 0 N–H and O–H groups in total. The third-order valence-electron chi connectivity index (χ3n) is 9.35. The van der Waals surface area contributed by atoms with E-state index in [-0.39, 0.29) is 0 Å². The van der Waals surface area contributed by atoms with Gasteiger partial charge >= 0.3 is 0 Å². The number of fused-ring (bicyclic) bond motifs is 7. The summed E-state index contributed by atoms with van der Waals surface area (Å²) in [6.45, 7) is 0. The first-order valence-corrected chi connectivity index (χ1v) is 15.9. The summed E-state index contributed by atoms with van der Waals surface area (Å²) in [6, 6.07) is 56.7. The van der Waals surface area contributed by atoms with Crippen LogP contribution in [0.4, 0.5) is 0 Å². The SMILES string of the molecule is C(=C\c1c2ccccc2c(-c2ccccc2)c2c1ccc1ccccc12)/Cc1ccccc1-c1ccc2oc3ccccc3c2c1. The number of benzene rings is 8. The largest absolute Gasteiger partial charge is 0.456 e. The van der Waals surface area contributed by atoms with Crippen LogP contribution in [0.1, 0.15) is 11.1 Å². The van der Waals surface area contributed by atoms with Gasteiger partial charge in [-0.2, -0.15) is 0 Å². The lowest BCUT2D eigenvalue weighted by molar-refractivity contribution is 0.669. The van der Waals surface area contributed by atoms with Gasteiger partial charge in [0.1, 0.15) is 11.2 Å². The molecule has 0 saturated heterocycles. The Morgan fingerprint density at radius 2 is 1.15 bits per heavy atom. The lowest BCUT2D eigenvalue weighted by atomic mass is 9.86. The minimum atomic E-state index is 0.824. The summed E-state index contributed by atoms with van der Waals surface area (Å²) in [4.78, 5) is 0. The standard InChI is InChI=1S/C45H30O/c1-2-15-32(16-3-1)44-39-22-9-8-20-36(39)37(40-27-25-31-14-5-7-19-35(31)45(40)44)23-12-17-30-13-4-6-18-34(30)33-26-28-43-41(29-33)38-21-10-11-24-42(38)46-43/h1-16,18-29H,17H2/b23-12+. The minimum absolute atomic E-state index is 0.824. The number of para-hydroxylation sites is 1. The molecule has 0 radical (unpaired) electrons. The van der Waals surface area contributed by atoms with E-state index < -0.39 is 0 Å². The lowest BCUT2D eigenvalue weighted by Crippen LogP contribution is -1.92. The van der Waals surface area contributed by atoms with E-state index in [0.717, 1.165) is 28.4 Å². The second kappa shape index (κ2) is 10.9. The Morgan fingerprint density at radius 1 is 0.457 bits per heavy atom. The molecule has 0 amide bonds. The van der Waals surface area contributed by atoms with Crippen LogP contribution in [0, 0.1) is 0 Å². The van der Waals surface area contributed by atoms with Crippen molar-refractivity contribution in [3.05, 3.63) is 175 Å². The normalized spacial score (nSPS) is 11.9. The third-order valence-corrected chi connectivity index (χ3v) is 9.35. The Morgan fingerprint density at radius 3 is 2.04 bits per heavy atom. The molecular weight excluding hydrogens is 556 g/mol. The molecule has 9 rings (SSSR count). The maximum absolute atomic E-state index is 6.11. The van der Waals surface area contributed by atoms with Crippen LogP contribution in [0.2, 0.25) is 0 Å². The molecule has 1 heteroatoms. The third kappa shape index (κ3) is 4.32. The zero-order valence-corrected chi connectivity index (χ0v) is 25.3. The van der Waals surface area contributed by atoms with Crippen LogP contribution in [-0.2, 0) is 6.42 Å². The summed E-state index contributed by atoms with van der Waals surface area (Å²) >= 11 is 0. The van der Waals surface area contributed by atoms with Crippen molar-refractivity contribution in [3.63, 3.8) is 0 Å². The zero-order chi connectivity index (χ0) is 30.5. The van der Waals surface area contributed by atoms with Crippen LogP contribution < -0.4 is 0 Å². The molecule has 216 valence electrons. The predicted molar refractivity (Wildman–Crippen MR) is 196 cm³/mol. The van der Waals surface area contributed by atoms with Crippen molar-refractivity contribution in [1.29, 1.82) is 0 Å². The number of furan rings is 1. The Hall–Kier alpha value is -5.92. The van der Waals surface area contributed by atoms with E-state index in [1.54, 1.807) is 0 Å². The first kappa shape index (κ1) is 26.5. The number of hydrogen-bond acceptors (Lipinski definition) is 1. The number of rotatable bonds is 5. The first-order valence-electron chi connectivity index (χ1n) is 15.9. The Kier molecular flexibility index (Phi) is 6.28. The van der Waals surface area contributed by atoms with Crippen molar-refractivity contribution in [2.45, 2.75) is 6.42 Å². The molecule has 0 atom stereocenters. The lowest BCUT2D eigenvalue weighted by Gasteiger charge is -2.17. The summed E-state index contributed by atoms with van der Waals surface area (Å²) in [5.74, 6) is 0. The highest BCUT2D eigenvalue weighted by atomic mass is 16.3. The van der Waals surface area contributed by atoms with E-state index in [4.69, 9.17) is 4.42 Å². The van der Waals surface area contributed by atoms with E-state index in [2.05, 4.69) is 158 Å². The fourth-order valence-electron chi connectivity index (χ4n) is 7.24. The smallest absolute Gasteiger partial charge is 0.135 e. The summed E-state index contributed by atoms with van der Waals surface area (Å²) in [7, 11) is 0. The van der Waals surface area contributed by atoms with Crippen molar-refractivity contribution in [1.82, 2.24) is 0 Å². The van der Waals surface area contributed by atoms with Crippen molar-refractivity contribution >= 4 is 60.3 Å². The molecule has 8 aromatic carbocycles. The van der Waals surface area contributed by atoms with Gasteiger partial charge in [-0.3, -0.25) is 0 Å². The van der Waals surface area contributed by atoms with Crippen LogP contribution in [0.3, 0.4) is 0 Å². The van der Waals surface area contributed by atoms with E-state index in [9.17, 15) is 0 Å². The quantitative estimate of drug-likeness (QED) is 0.144. The van der Waals surface area contributed by atoms with Gasteiger partial charge in [-0.1, -0.05) is 152 Å². The van der Waals surface area contributed by atoms with Crippen molar-refractivity contribution < 1.29 is 4.42 Å². The van der Waals surface area contributed by atoms with E-state index in [1.807, 2.05) is 12.1 Å². The number of allylic oxidation sites excluding steroid dienone is 1. The van der Waals surface area contributed by atoms with Gasteiger partial charge < -0.3 is 4.42 Å². The Labute approximate surface area is 267 Å². The van der Waals surface area contributed by atoms with Crippen LogP contribution >= 0.6 is 0 Å². The average molecular weight is 587 g/mol. The van der Waals surface area contributed by atoms with Gasteiger partial charge in [0, 0.05) is 10.8 Å². The Balaban J connectivity index is 1.19. The van der Waals surface area contributed by atoms with Gasteiger partial charge in [0.15, 0.2) is 0 Å². The molecule has 0 aliphatic heterocycles. The molecule has 0 aliphatic rings. The molecule has 0 fully saturated rings. The highest BCUT2D eigenvalue weighted by molar-refractivity contribution is 6.25. The molecule has 0 aliphatic carbocycles. The molecular formula is C45H30O. The van der Waals surface area contributed by atoms with Crippen LogP contribution in [0.25, 0.3) is 82.6 Å². The molecule has 1 heterocycles. The average Bonchev–Trinajstić information content (AvgIpc) is 3.50. The highest BCUT2D eigenvalue weighted by Gasteiger charge is 2.16. The fraction of sp³-hybridized carbons (Fsp3) is 0.0222. The van der Waals surface area contributed by atoms with Crippen LogP contribution in [0.15, 0.2) is 168 Å². The van der Waals surface area contributed by atoms with Crippen molar-refractivity contribution in [2.75, 3.05) is 0 Å². The van der Waals surface area contributed by atoms with E-state index in [1.165, 1.54) is 65.7 Å². The van der Waals surface area contributed by atoms with Gasteiger partial charge in [0.25, 0.3) is 0 Å². The van der Waals surface area contributed by atoms with Gasteiger partial charge in [-0.05, 0) is 90.3 Å². The van der Waals surface area contributed by atoms with Crippen LogP contribution in [0.5, 0.6) is 0 Å². The highest BCUT2D eigenvalue weighted by Crippen LogP contribution is 2.43. The fourth-order valence-corrected chi connectivity index (χ4v) is 7.24. The van der Waals surface area contributed by atoms with E-state index in [0.29, 0.717) is 0 Å². The molecule has 9 aromatic rings. The molecule has 1 nitrogen and oxygen atoms in total. The maximum Gasteiger partial charge on any atom is 0.135 e. The van der Waals surface area contributed by atoms with Crippen molar-refractivity contribution in [2.24, 2.45) is 0 Å². The molecule has 0 unspecified atom stereocenters. The van der Waals surface area contributed by atoms with Gasteiger partial charge in [-0.25, -0.2) is 0 Å². The monoisotopic (exact) mass is 586 g/mol. The summed E-state index contributed by atoms with van der Waals surface area (Å²) < 4.78 is 6.11. The first-order chi connectivity index (χ1) is 22.8. The van der Waals surface area contributed by atoms with Gasteiger partial charge in [0.2, 0.25) is 0 Å². The molecule has 0 bridgehead atoms. The second-order valence-electron chi connectivity index (χ2n) is 12.0. The van der Waals surface area contributed by atoms with Gasteiger partial charge in [0.05, 0.1) is 0 Å². The summed E-state index contributed by atoms with van der Waals surface area (Å²) in [5, 5.41) is 9.98. The summed E-state index contributed by atoms with van der Waals surface area (Å²) in [6.07, 6.45) is 5.51. The van der Waals surface area contributed by atoms with E-state index >= 15 is 0 Å². The maximum atomic E-state index is 6.11. The zero-order valence-electron chi connectivity index (χ0n) is 25.3. The van der Waals surface area contributed by atoms with Gasteiger partial charge in [-0.15, -0.1) is 0 Å². The topological polar surface area (TPSA) is 13.1 Å². The Bertz CT molecular complexity index is 2600. The predicted octanol–water partition coefficient (Wildman–Crippen LogP) is 12.6. The number of hydrogen-bond donors (Lipinski definition) is 0. The molecule has 0 spiro atoms.